The van der Waals surface area contributed by atoms with E-state index in [4.69, 9.17) is 4.74 Å². The van der Waals surface area contributed by atoms with E-state index in [-0.39, 0.29) is 0 Å². The molecular formula is C7H10O. The fraction of sp³-hybridized carbons (Fsp3) is 0.429. The molecule has 0 aromatic rings. The molecular weight excluding hydrogens is 100 g/mol. The average molecular weight is 110 g/mol. The molecule has 1 heterocycles. The van der Waals surface area contributed by atoms with Crippen LogP contribution < -0.4 is 0 Å². The third-order valence-electron chi connectivity index (χ3n) is 1.41. The molecule has 0 saturated carbocycles. The summed E-state index contributed by atoms with van der Waals surface area (Å²) in [6, 6.07) is 0. The number of hydrogen-bond acceptors (Lipinski definition) is 1. The molecule has 1 nitrogen and oxygen atoms in total. The Bertz CT molecular complexity index is 116. The molecule has 0 N–H and O–H groups in total. The molecule has 0 aliphatic carbocycles. The van der Waals surface area contributed by atoms with E-state index in [2.05, 4.69) is 13.2 Å². The minimum Gasteiger partial charge on any atom is -0.498 e. The van der Waals surface area contributed by atoms with Crippen LogP contribution in [-0.4, -0.2) is 6.61 Å². The molecule has 1 unspecified atom stereocenters. The zero-order valence-corrected chi connectivity index (χ0v) is 4.89. The van der Waals surface area contributed by atoms with Crippen molar-refractivity contribution in [2.75, 3.05) is 6.61 Å². The van der Waals surface area contributed by atoms with Crippen molar-refractivity contribution in [3.8, 4) is 0 Å². The zero-order chi connectivity index (χ0) is 5.98. The van der Waals surface area contributed by atoms with Crippen LogP contribution in [0.2, 0.25) is 0 Å². The molecule has 0 aromatic carbocycles. The maximum Gasteiger partial charge on any atom is 0.0957 e. The van der Waals surface area contributed by atoms with Gasteiger partial charge in [-0.3, -0.25) is 0 Å². The summed E-state index contributed by atoms with van der Waals surface area (Å²) in [4.78, 5) is 0. The molecule has 1 atom stereocenters. The van der Waals surface area contributed by atoms with Crippen LogP contribution in [0.15, 0.2) is 25.0 Å². The lowest BCUT2D eigenvalue weighted by Crippen LogP contribution is -1.87. The molecule has 1 aliphatic heterocycles. The van der Waals surface area contributed by atoms with Crippen molar-refractivity contribution < 1.29 is 4.74 Å². The predicted molar refractivity (Wildman–Crippen MR) is 33.4 cm³/mol. The normalized spacial score (nSPS) is 27.5. The van der Waals surface area contributed by atoms with E-state index in [0.29, 0.717) is 5.92 Å². The average Bonchev–Trinajstić information content (AvgIpc) is 2.14. The molecule has 0 bridgehead atoms. The third-order valence-corrected chi connectivity index (χ3v) is 1.41. The summed E-state index contributed by atoms with van der Waals surface area (Å²) >= 11 is 0. The van der Waals surface area contributed by atoms with Crippen molar-refractivity contribution in [3.05, 3.63) is 25.0 Å². The number of ether oxygens (including phenoxy) is 1. The lowest BCUT2D eigenvalue weighted by Gasteiger charge is -1.98. The molecule has 1 fully saturated rings. The van der Waals surface area contributed by atoms with Crippen molar-refractivity contribution in [1.82, 2.24) is 0 Å². The maximum atomic E-state index is 5.09. The van der Waals surface area contributed by atoms with E-state index in [0.717, 1.165) is 18.8 Å². The van der Waals surface area contributed by atoms with Crippen LogP contribution in [-0.2, 0) is 4.74 Å². The van der Waals surface area contributed by atoms with Gasteiger partial charge >= 0.3 is 0 Å². The molecule has 1 saturated heterocycles. The number of hydrogen-bond donors (Lipinski definition) is 0. The first kappa shape index (κ1) is 5.42. The van der Waals surface area contributed by atoms with Crippen LogP contribution in [0.5, 0.6) is 0 Å². The van der Waals surface area contributed by atoms with Crippen LogP contribution >= 0.6 is 0 Å². The van der Waals surface area contributed by atoms with Crippen LogP contribution in [0.4, 0.5) is 0 Å². The van der Waals surface area contributed by atoms with Gasteiger partial charge in [-0.2, -0.15) is 0 Å². The van der Waals surface area contributed by atoms with Crippen LogP contribution in [0.1, 0.15) is 6.42 Å². The molecule has 0 amide bonds. The molecule has 8 heavy (non-hydrogen) atoms. The summed E-state index contributed by atoms with van der Waals surface area (Å²) in [5.74, 6) is 1.29. The van der Waals surface area contributed by atoms with Gasteiger partial charge in [-0.15, -0.1) is 6.58 Å². The van der Waals surface area contributed by atoms with Gasteiger partial charge in [0, 0.05) is 5.92 Å². The lowest BCUT2D eigenvalue weighted by molar-refractivity contribution is 0.262. The quantitative estimate of drug-likeness (QED) is 0.467. The Balaban J connectivity index is 2.54. The Morgan fingerprint density at radius 1 is 1.75 bits per heavy atom. The van der Waals surface area contributed by atoms with E-state index in [1.54, 1.807) is 0 Å². The summed E-state index contributed by atoms with van der Waals surface area (Å²) in [6.45, 7) is 8.18. The predicted octanol–water partition coefficient (Wildman–Crippen LogP) is 1.72. The Morgan fingerprint density at radius 2 is 2.50 bits per heavy atom. The number of allylic oxidation sites excluding steroid dienone is 1. The molecule has 1 heteroatoms. The van der Waals surface area contributed by atoms with E-state index in [1.807, 2.05) is 6.08 Å². The molecule has 0 aromatic heterocycles. The van der Waals surface area contributed by atoms with Gasteiger partial charge in [0.15, 0.2) is 0 Å². The van der Waals surface area contributed by atoms with Gasteiger partial charge in [-0.1, -0.05) is 12.7 Å². The van der Waals surface area contributed by atoms with Crippen molar-refractivity contribution in [2.24, 2.45) is 5.92 Å². The zero-order valence-electron chi connectivity index (χ0n) is 4.89. The molecule has 44 valence electrons. The summed E-state index contributed by atoms with van der Waals surface area (Å²) < 4.78 is 5.09. The van der Waals surface area contributed by atoms with Gasteiger partial charge in [0.1, 0.15) is 0 Å². The Kier molecular flexibility index (Phi) is 1.38. The van der Waals surface area contributed by atoms with Crippen molar-refractivity contribution in [2.45, 2.75) is 6.42 Å². The smallest absolute Gasteiger partial charge is 0.0957 e. The molecule has 1 aliphatic rings. The van der Waals surface area contributed by atoms with Gasteiger partial charge in [0.25, 0.3) is 0 Å². The third kappa shape index (κ3) is 0.760. The summed E-state index contributed by atoms with van der Waals surface area (Å²) in [6.07, 6.45) is 2.94. The first-order chi connectivity index (χ1) is 3.84. The minimum absolute atomic E-state index is 0.412. The number of rotatable bonds is 1. The lowest BCUT2D eigenvalue weighted by atomic mass is 10.1. The SMILES string of the molecule is C=CC1CCOC1=C. The first-order valence-corrected chi connectivity index (χ1v) is 2.78. The monoisotopic (exact) mass is 110 g/mol. The Labute approximate surface area is 49.7 Å². The highest BCUT2D eigenvalue weighted by atomic mass is 16.5. The summed E-state index contributed by atoms with van der Waals surface area (Å²) in [5, 5.41) is 0. The molecule has 0 spiro atoms. The van der Waals surface area contributed by atoms with Gasteiger partial charge < -0.3 is 4.74 Å². The Hall–Kier alpha value is -0.720. The molecule has 0 radical (unpaired) electrons. The first-order valence-electron chi connectivity index (χ1n) is 2.78. The van der Waals surface area contributed by atoms with Crippen LogP contribution in [0, 0.1) is 5.92 Å². The minimum atomic E-state index is 0.412. The van der Waals surface area contributed by atoms with Crippen LogP contribution in [0.3, 0.4) is 0 Å². The van der Waals surface area contributed by atoms with Gasteiger partial charge in [0.05, 0.1) is 12.4 Å². The van der Waals surface area contributed by atoms with Crippen molar-refractivity contribution in [1.29, 1.82) is 0 Å². The molecule has 1 rings (SSSR count). The van der Waals surface area contributed by atoms with E-state index in [1.165, 1.54) is 0 Å². The summed E-state index contributed by atoms with van der Waals surface area (Å²) in [5.41, 5.74) is 0. The van der Waals surface area contributed by atoms with Gasteiger partial charge in [-0.05, 0) is 6.42 Å². The standard InChI is InChI=1S/C7H10O/c1-3-7-4-5-8-6(7)2/h3,7H,1-2,4-5H2. The highest BCUT2D eigenvalue weighted by Crippen LogP contribution is 2.22. The highest BCUT2D eigenvalue weighted by molar-refractivity contribution is 5.03. The van der Waals surface area contributed by atoms with E-state index >= 15 is 0 Å². The maximum absolute atomic E-state index is 5.09. The second kappa shape index (κ2) is 2.03. The fourth-order valence-electron chi connectivity index (χ4n) is 0.834. The van der Waals surface area contributed by atoms with E-state index < -0.39 is 0 Å². The second-order valence-corrected chi connectivity index (χ2v) is 1.95. The topological polar surface area (TPSA) is 9.23 Å². The van der Waals surface area contributed by atoms with Gasteiger partial charge in [0.2, 0.25) is 0 Å². The second-order valence-electron chi connectivity index (χ2n) is 1.95. The highest BCUT2D eigenvalue weighted by Gasteiger charge is 2.16. The van der Waals surface area contributed by atoms with Crippen molar-refractivity contribution in [3.63, 3.8) is 0 Å². The summed E-state index contributed by atoms with van der Waals surface area (Å²) in [7, 11) is 0. The van der Waals surface area contributed by atoms with Gasteiger partial charge in [-0.25, -0.2) is 0 Å². The fourth-order valence-corrected chi connectivity index (χ4v) is 0.834. The van der Waals surface area contributed by atoms with Crippen molar-refractivity contribution >= 4 is 0 Å². The van der Waals surface area contributed by atoms with Crippen LogP contribution in [0.25, 0.3) is 0 Å². The van der Waals surface area contributed by atoms with E-state index in [9.17, 15) is 0 Å². The Morgan fingerprint density at radius 3 is 2.75 bits per heavy atom. The largest absolute Gasteiger partial charge is 0.498 e.